The number of hydrogen-bond acceptors (Lipinski definition) is 2. The molecule has 160 valence electrons. The number of piperidine rings is 3. The summed E-state index contributed by atoms with van der Waals surface area (Å²) in [7, 11) is 0. The van der Waals surface area contributed by atoms with Gasteiger partial charge in [0.25, 0.3) is 0 Å². The Bertz CT molecular complexity index is 768. The molecule has 3 aliphatic rings. The smallest absolute Gasteiger partial charge is 0.154 e. The van der Waals surface area contributed by atoms with Crippen molar-refractivity contribution in [3.05, 3.63) is 71.8 Å². The van der Waals surface area contributed by atoms with E-state index in [2.05, 4.69) is 79.4 Å². The summed E-state index contributed by atoms with van der Waals surface area (Å²) in [6.07, 6.45) is 9.58. The van der Waals surface area contributed by atoms with Gasteiger partial charge in [0.15, 0.2) is 5.78 Å². The predicted octanol–water partition coefficient (Wildman–Crippen LogP) is 6.60. The lowest BCUT2D eigenvalue weighted by Gasteiger charge is -2.59. The summed E-state index contributed by atoms with van der Waals surface area (Å²) in [5, 5.41) is 0. The van der Waals surface area contributed by atoms with E-state index in [0.717, 1.165) is 19.4 Å². The van der Waals surface area contributed by atoms with Crippen LogP contribution in [0.4, 0.5) is 0 Å². The van der Waals surface area contributed by atoms with Gasteiger partial charge < -0.3 is 0 Å². The minimum absolute atomic E-state index is 0.0315. The quantitative estimate of drug-likeness (QED) is 0.470. The number of nitrogens with zero attached hydrogens (tertiary/aromatic N) is 1. The summed E-state index contributed by atoms with van der Waals surface area (Å²) in [6.45, 7) is 5.66. The molecule has 2 aromatic rings. The number of rotatable bonds is 9. The largest absolute Gasteiger partial charge is 0.298 e. The third-order valence-electron chi connectivity index (χ3n) is 7.61. The maximum absolute atomic E-state index is 13.8. The van der Waals surface area contributed by atoms with Crippen molar-refractivity contribution < 1.29 is 4.79 Å². The second kappa shape index (κ2) is 9.47. The first kappa shape index (κ1) is 21.3. The fourth-order valence-corrected chi connectivity index (χ4v) is 6.13. The van der Waals surface area contributed by atoms with Gasteiger partial charge in [0.05, 0.1) is 6.04 Å². The molecule has 0 spiro atoms. The van der Waals surface area contributed by atoms with E-state index in [9.17, 15) is 4.79 Å². The normalized spacial score (nSPS) is 25.0. The monoisotopic (exact) mass is 403 g/mol. The lowest BCUT2D eigenvalue weighted by Crippen LogP contribution is -2.68. The maximum atomic E-state index is 13.8. The van der Waals surface area contributed by atoms with Crippen LogP contribution >= 0.6 is 0 Å². The van der Waals surface area contributed by atoms with Crippen molar-refractivity contribution >= 4 is 5.78 Å². The number of fused-ring (bicyclic) bond motifs is 3. The van der Waals surface area contributed by atoms with Crippen LogP contribution in [0.2, 0.25) is 0 Å². The average Bonchev–Trinajstić information content (AvgIpc) is 2.80. The molecule has 5 rings (SSSR count). The molecule has 3 fully saturated rings. The molecule has 30 heavy (non-hydrogen) atoms. The highest BCUT2D eigenvalue weighted by Gasteiger charge is 2.55. The van der Waals surface area contributed by atoms with Gasteiger partial charge in [-0.2, -0.15) is 0 Å². The Balaban J connectivity index is 1.78. The third-order valence-corrected chi connectivity index (χ3v) is 7.61. The summed E-state index contributed by atoms with van der Waals surface area (Å²) in [5.74, 6) is 0.844. The number of hydrogen-bond donors (Lipinski definition) is 0. The Morgan fingerprint density at radius 3 is 1.93 bits per heavy atom. The first-order valence-corrected chi connectivity index (χ1v) is 12.1. The molecule has 0 N–H and O–H groups in total. The molecule has 3 aliphatic heterocycles. The Hall–Kier alpha value is -1.93. The van der Waals surface area contributed by atoms with Crippen LogP contribution in [0.15, 0.2) is 60.7 Å². The van der Waals surface area contributed by atoms with Crippen LogP contribution in [-0.2, 0) is 4.79 Å². The van der Waals surface area contributed by atoms with Crippen molar-refractivity contribution in [2.24, 2.45) is 5.92 Å². The van der Waals surface area contributed by atoms with Gasteiger partial charge in [0.1, 0.15) is 0 Å². The molecule has 0 amide bonds. The molecule has 3 unspecified atom stereocenters. The lowest BCUT2D eigenvalue weighted by molar-refractivity contribution is -0.152. The average molecular weight is 404 g/mol. The maximum Gasteiger partial charge on any atom is 0.154 e. The van der Waals surface area contributed by atoms with Crippen molar-refractivity contribution in [2.45, 2.75) is 82.7 Å². The van der Waals surface area contributed by atoms with Crippen LogP contribution < -0.4 is 0 Å². The van der Waals surface area contributed by atoms with E-state index in [0.29, 0.717) is 5.78 Å². The Kier molecular flexibility index (Phi) is 6.73. The van der Waals surface area contributed by atoms with Crippen LogP contribution in [0, 0.1) is 5.92 Å². The lowest BCUT2D eigenvalue weighted by atomic mass is 9.63. The molecule has 2 aromatic carbocycles. The Labute approximate surface area is 182 Å². The number of ketones is 1. The van der Waals surface area contributed by atoms with E-state index >= 15 is 0 Å². The van der Waals surface area contributed by atoms with E-state index in [-0.39, 0.29) is 23.4 Å². The molecule has 0 aliphatic carbocycles. The van der Waals surface area contributed by atoms with Gasteiger partial charge in [-0.3, -0.25) is 9.69 Å². The summed E-state index contributed by atoms with van der Waals surface area (Å²) in [6, 6.07) is 21.5. The van der Waals surface area contributed by atoms with Gasteiger partial charge >= 0.3 is 0 Å². The zero-order chi connectivity index (χ0) is 21.0. The van der Waals surface area contributed by atoms with Gasteiger partial charge in [-0.05, 0) is 36.8 Å². The molecule has 0 aromatic heterocycles. The van der Waals surface area contributed by atoms with Gasteiger partial charge in [-0.25, -0.2) is 0 Å². The topological polar surface area (TPSA) is 20.3 Å². The highest BCUT2D eigenvalue weighted by Crippen LogP contribution is 2.50. The van der Waals surface area contributed by atoms with Gasteiger partial charge in [0.2, 0.25) is 0 Å². The number of Topliss-reactive ketones (excluding diaryl/α,β-unsaturated/α-hetero) is 1. The van der Waals surface area contributed by atoms with Gasteiger partial charge in [-0.15, -0.1) is 0 Å². The number of carbonyl (C=O) groups is 1. The zero-order valence-electron chi connectivity index (χ0n) is 18.7. The van der Waals surface area contributed by atoms with Crippen LogP contribution in [0.5, 0.6) is 0 Å². The molecule has 2 bridgehead atoms. The molecule has 2 nitrogen and oxygen atoms in total. The number of unbranched alkanes of at least 4 members (excludes halogenated alkanes) is 2. The fourth-order valence-electron chi connectivity index (χ4n) is 6.13. The Morgan fingerprint density at radius 1 is 0.900 bits per heavy atom. The van der Waals surface area contributed by atoms with E-state index in [1.54, 1.807) is 0 Å². The summed E-state index contributed by atoms with van der Waals surface area (Å²) >= 11 is 0. The highest BCUT2D eigenvalue weighted by molar-refractivity contribution is 5.90. The molecule has 3 heterocycles. The van der Waals surface area contributed by atoms with Gasteiger partial charge in [-0.1, -0.05) is 100 Å². The summed E-state index contributed by atoms with van der Waals surface area (Å²) < 4.78 is 0. The number of benzene rings is 2. The summed E-state index contributed by atoms with van der Waals surface area (Å²) in [4.78, 5) is 16.5. The molecule has 3 saturated heterocycles. The van der Waals surface area contributed by atoms with Crippen LogP contribution in [-0.4, -0.2) is 28.8 Å². The van der Waals surface area contributed by atoms with Crippen molar-refractivity contribution in [3.63, 3.8) is 0 Å². The van der Waals surface area contributed by atoms with Crippen molar-refractivity contribution in [1.29, 1.82) is 0 Å². The van der Waals surface area contributed by atoms with Crippen molar-refractivity contribution in [3.8, 4) is 0 Å². The second-order valence-corrected chi connectivity index (χ2v) is 9.46. The van der Waals surface area contributed by atoms with E-state index in [1.807, 2.05) is 0 Å². The molecule has 0 radical (unpaired) electrons. The predicted molar refractivity (Wildman–Crippen MR) is 125 cm³/mol. The number of carbonyl (C=O) groups excluding carboxylic acids is 1. The summed E-state index contributed by atoms with van der Waals surface area (Å²) in [5.41, 5.74) is 2.75. The van der Waals surface area contributed by atoms with Crippen LogP contribution in [0.25, 0.3) is 0 Å². The standard InChI is InChI=1S/C28H37NO/c1-3-5-18-28(19-6-4-2)21-24-17-20-29(28)26(27(24)30)25(22-13-9-7-10-14-22)23-15-11-8-12-16-23/h7-16,24-26H,3-6,17-21H2,1-2H3. The van der Waals surface area contributed by atoms with E-state index < -0.39 is 0 Å². The first-order chi connectivity index (χ1) is 14.7. The molecule has 0 saturated carbocycles. The van der Waals surface area contributed by atoms with Crippen molar-refractivity contribution in [2.75, 3.05) is 6.54 Å². The molecular formula is C28H37NO. The van der Waals surface area contributed by atoms with E-state index in [4.69, 9.17) is 0 Å². The van der Waals surface area contributed by atoms with Crippen LogP contribution in [0.3, 0.4) is 0 Å². The molecule has 2 heteroatoms. The highest BCUT2D eigenvalue weighted by atomic mass is 16.1. The van der Waals surface area contributed by atoms with Gasteiger partial charge in [0, 0.05) is 23.9 Å². The minimum atomic E-state index is -0.0315. The Morgan fingerprint density at radius 2 is 1.43 bits per heavy atom. The molecular weight excluding hydrogens is 366 g/mol. The minimum Gasteiger partial charge on any atom is -0.298 e. The van der Waals surface area contributed by atoms with Crippen molar-refractivity contribution in [1.82, 2.24) is 4.90 Å². The second-order valence-electron chi connectivity index (χ2n) is 9.46. The van der Waals surface area contributed by atoms with E-state index in [1.165, 1.54) is 49.7 Å². The zero-order valence-corrected chi connectivity index (χ0v) is 18.7. The van der Waals surface area contributed by atoms with Crippen LogP contribution in [0.1, 0.15) is 82.3 Å². The fraction of sp³-hybridized carbons (Fsp3) is 0.536. The SMILES string of the molecule is CCCCC1(CCCC)CC2CCN1C(C(c1ccccc1)c1ccccc1)C2=O. The molecule has 3 atom stereocenters. The third kappa shape index (κ3) is 3.99. The first-order valence-electron chi connectivity index (χ1n) is 12.1.